The van der Waals surface area contributed by atoms with E-state index in [0.717, 1.165) is 39.1 Å². The molecule has 1 N–H and O–H groups in total. The molecular formula is C13H25NO2. The number of rotatable bonds is 3. The molecule has 16 heavy (non-hydrogen) atoms. The third-order valence-corrected chi connectivity index (χ3v) is 4.29. The molecule has 0 aromatic carbocycles. The molecule has 94 valence electrons. The highest BCUT2D eigenvalue weighted by molar-refractivity contribution is 4.94. The van der Waals surface area contributed by atoms with E-state index in [2.05, 4.69) is 18.7 Å². The molecule has 0 bridgehead atoms. The highest BCUT2D eigenvalue weighted by Gasteiger charge is 2.40. The van der Waals surface area contributed by atoms with Gasteiger partial charge < -0.3 is 9.84 Å². The van der Waals surface area contributed by atoms with Gasteiger partial charge in [-0.2, -0.15) is 0 Å². The van der Waals surface area contributed by atoms with Crippen molar-refractivity contribution in [2.24, 2.45) is 5.92 Å². The zero-order chi connectivity index (χ0) is 11.6. The Kier molecular flexibility index (Phi) is 3.88. The summed E-state index contributed by atoms with van der Waals surface area (Å²) in [5.41, 5.74) is -0.0954. The summed E-state index contributed by atoms with van der Waals surface area (Å²) in [6.07, 6.45) is 4.50. The predicted molar refractivity (Wildman–Crippen MR) is 64.4 cm³/mol. The fraction of sp³-hybridized carbons (Fsp3) is 1.00. The Labute approximate surface area is 98.8 Å². The van der Waals surface area contributed by atoms with Gasteiger partial charge in [-0.25, -0.2) is 0 Å². The molecule has 0 spiro atoms. The maximum Gasteiger partial charge on any atom is 0.0768 e. The van der Waals surface area contributed by atoms with Crippen LogP contribution in [0.3, 0.4) is 0 Å². The normalized spacial score (nSPS) is 30.6. The molecule has 0 aromatic heterocycles. The van der Waals surface area contributed by atoms with Gasteiger partial charge in [-0.3, -0.25) is 4.90 Å². The first-order valence-corrected chi connectivity index (χ1v) is 6.63. The van der Waals surface area contributed by atoms with Crippen molar-refractivity contribution in [1.82, 2.24) is 4.90 Å². The Hall–Kier alpha value is -0.120. The molecule has 3 heteroatoms. The second-order valence-corrected chi connectivity index (χ2v) is 5.77. The van der Waals surface area contributed by atoms with Gasteiger partial charge in [0.1, 0.15) is 0 Å². The summed E-state index contributed by atoms with van der Waals surface area (Å²) in [5, 5.41) is 10.5. The first-order valence-electron chi connectivity index (χ1n) is 6.63. The molecule has 2 aliphatic heterocycles. The van der Waals surface area contributed by atoms with E-state index in [1.54, 1.807) is 0 Å². The molecule has 2 fully saturated rings. The maximum atomic E-state index is 10.5. The molecule has 0 radical (unpaired) electrons. The van der Waals surface area contributed by atoms with Crippen molar-refractivity contribution in [2.45, 2.75) is 51.2 Å². The second-order valence-electron chi connectivity index (χ2n) is 5.77. The average Bonchev–Trinajstić information content (AvgIpc) is 2.83. The molecule has 2 saturated heterocycles. The largest absolute Gasteiger partial charge is 0.391 e. The fourth-order valence-corrected chi connectivity index (χ4v) is 3.07. The van der Waals surface area contributed by atoms with Crippen molar-refractivity contribution >= 4 is 0 Å². The topological polar surface area (TPSA) is 32.7 Å². The number of aliphatic hydroxyl groups is 1. The monoisotopic (exact) mass is 227 g/mol. The Balaban J connectivity index is 1.97. The third-order valence-electron chi connectivity index (χ3n) is 4.29. The summed E-state index contributed by atoms with van der Waals surface area (Å²) in [5.74, 6) is 0.323. The van der Waals surface area contributed by atoms with E-state index in [-0.39, 0.29) is 11.6 Å². The predicted octanol–water partition coefficient (Wildman–Crippen LogP) is 1.65. The van der Waals surface area contributed by atoms with Crippen LogP contribution in [-0.4, -0.2) is 48.0 Å². The van der Waals surface area contributed by atoms with Crippen molar-refractivity contribution in [3.05, 3.63) is 0 Å². The highest BCUT2D eigenvalue weighted by Crippen LogP contribution is 2.31. The van der Waals surface area contributed by atoms with Crippen molar-refractivity contribution in [3.63, 3.8) is 0 Å². The molecule has 2 atom stereocenters. The molecule has 0 aromatic rings. The lowest BCUT2D eigenvalue weighted by atomic mass is 9.83. The molecule has 0 saturated carbocycles. The number of hydrogen-bond donors (Lipinski definition) is 1. The molecular weight excluding hydrogens is 202 g/mol. The quantitative estimate of drug-likeness (QED) is 0.795. The number of hydrogen-bond acceptors (Lipinski definition) is 3. The van der Waals surface area contributed by atoms with Crippen LogP contribution in [0.4, 0.5) is 0 Å². The minimum Gasteiger partial charge on any atom is -0.391 e. The summed E-state index contributed by atoms with van der Waals surface area (Å²) in [6, 6.07) is 0. The van der Waals surface area contributed by atoms with E-state index < -0.39 is 0 Å². The molecule has 2 heterocycles. The van der Waals surface area contributed by atoms with Gasteiger partial charge >= 0.3 is 0 Å². The van der Waals surface area contributed by atoms with Crippen LogP contribution in [0.15, 0.2) is 0 Å². The SMILES string of the molecule is CC(C)(C(O)C1CCCOC1)N1CCCC1. The summed E-state index contributed by atoms with van der Waals surface area (Å²) in [4.78, 5) is 2.44. The Bertz CT molecular complexity index is 218. The van der Waals surface area contributed by atoms with Gasteiger partial charge in [-0.15, -0.1) is 0 Å². The minimum atomic E-state index is -0.258. The van der Waals surface area contributed by atoms with E-state index in [9.17, 15) is 5.11 Å². The van der Waals surface area contributed by atoms with Crippen LogP contribution in [0.1, 0.15) is 39.5 Å². The van der Waals surface area contributed by atoms with Crippen LogP contribution in [0.25, 0.3) is 0 Å². The summed E-state index contributed by atoms with van der Waals surface area (Å²) >= 11 is 0. The molecule has 3 nitrogen and oxygen atoms in total. The van der Waals surface area contributed by atoms with Crippen LogP contribution >= 0.6 is 0 Å². The average molecular weight is 227 g/mol. The first kappa shape index (κ1) is 12.3. The number of likely N-dealkylation sites (tertiary alicyclic amines) is 1. The van der Waals surface area contributed by atoms with E-state index >= 15 is 0 Å². The van der Waals surface area contributed by atoms with Crippen molar-refractivity contribution in [1.29, 1.82) is 0 Å². The van der Waals surface area contributed by atoms with E-state index in [1.807, 2.05) is 0 Å². The number of nitrogens with zero attached hydrogens (tertiary/aromatic N) is 1. The van der Waals surface area contributed by atoms with Gasteiger partial charge in [0.15, 0.2) is 0 Å². The van der Waals surface area contributed by atoms with Crippen LogP contribution in [0.2, 0.25) is 0 Å². The van der Waals surface area contributed by atoms with E-state index in [4.69, 9.17) is 4.74 Å². The number of aliphatic hydroxyl groups excluding tert-OH is 1. The van der Waals surface area contributed by atoms with Crippen molar-refractivity contribution in [2.75, 3.05) is 26.3 Å². The Morgan fingerprint density at radius 1 is 1.25 bits per heavy atom. The van der Waals surface area contributed by atoms with Crippen LogP contribution in [-0.2, 0) is 4.74 Å². The Morgan fingerprint density at radius 2 is 1.94 bits per heavy atom. The van der Waals surface area contributed by atoms with Gasteiger partial charge in [0.2, 0.25) is 0 Å². The van der Waals surface area contributed by atoms with Crippen LogP contribution in [0.5, 0.6) is 0 Å². The zero-order valence-corrected chi connectivity index (χ0v) is 10.6. The zero-order valence-electron chi connectivity index (χ0n) is 10.6. The first-order chi connectivity index (χ1) is 7.62. The molecule has 0 aliphatic carbocycles. The smallest absolute Gasteiger partial charge is 0.0768 e. The molecule has 0 amide bonds. The van der Waals surface area contributed by atoms with Gasteiger partial charge in [0, 0.05) is 18.1 Å². The maximum absolute atomic E-state index is 10.5. The summed E-state index contributed by atoms with van der Waals surface area (Å²) in [7, 11) is 0. The third kappa shape index (κ3) is 2.41. The fourth-order valence-electron chi connectivity index (χ4n) is 3.07. The number of ether oxygens (including phenoxy) is 1. The minimum absolute atomic E-state index is 0.0954. The van der Waals surface area contributed by atoms with Gasteiger partial charge in [0.25, 0.3) is 0 Å². The van der Waals surface area contributed by atoms with E-state index in [1.165, 1.54) is 12.8 Å². The lowest BCUT2D eigenvalue weighted by Crippen LogP contribution is -2.55. The second kappa shape index (κ2) is 5.03. The summed E-state index contributed by atoms with van der Waals surface area (Å²) in [6.45, 7) is 8.23. The van der Waals surface area contributed by atoms with Crippen molar-refractivity contribution in [3.8, 4) is 0 Å². The van der Waals surface area contributed by atoms with Crippen molar-refractivity contribution < 1.29 is 9.84 Å². The van der Waals surface area contributed by atoms with Crippen LogP contribution in [0, 0.1) is 5.92 Å². The molecule has 2 unspecified atom stereocenters. The van der Waals surface area contributed by atoms with E-state index in [0.29, 0.717) is 5.92 Å². The lowest BCUT2D eigenvalue weighted by molar-refractivity contribution is -0.0751. The van der Waals surface area contributed by atoms with Gasteiger partial charge in [0.05, 0.1) is 12.7 Å². The highest BCUT2D eigenvalue weighted by atomic mass is 16.5. The van der Waals surface area contributed by atoms with Gasteiger partial charge in [-0.05, 0) is 52.6 Å². The Morgan fingerprint density at radius 3 is 2.50 bits per heavy atom. The molecule has 2 rings (SSSR count). The standard InChI is InChI=1S/C13H25NO2/c1-13(2,14-7-3-4-8-14)12(15)11-6-5-9-16-10-11/h11-12,15H,3-10H2,1-2H3. The van der Waals surface area contributed by atoms with Gasteiger partial charge in [-0.1, -0.05) is 0 Å². The lowest BCUT2D eigenvalue weighted by Gasteiger charge is -2.43. The van der Waals surface area contributed by atoms with Crippen LogP contribution < -0.4 is 0 Å². The molecule has 2 aliphatic rings. The summed E-state index contributed by atoms with van der Waals surface area (Å²) < 4.78 is 5.48.